The Morgan fingerprint density at radius 2 is 1.21 bits per heavy atom. The molecule has 0 spiro atoms. The van der Waals surface area contributed by atoms with Gasteiger partial charge in [0.25, 0.3) is 6.20 Å². The third kappa shape index (κ3) is 15.5. The molecule has 0 aromatic heterocycles. The molecule has 3 atom stereocenters. The Morgan fingerprint density at radius 3 is 1.68 bits per heavy atom. The van der Waals surface area contributed by atoms with Gasteiger partial charge in [0.05, 0.1) is 11.3 Å². The first-order chi connectivity index (χ1) is 26.3. The summed E-state index contributed by atoms with van der Waals surface area (Å²) in [4.78, 5) is 74.3. The minimum atomic E-state index is -1.42. The number of nitrogens with one attached hydrogen (secondary N) is 5. The molecule has 0 saturated carbocycles. The van der Waals surface area contributed by atoms with Gasteiger partial charge in [-0.15, -0.1) is 0 Å². The molecule has 0 aliphatic heterocycles. The first kappa shape index (κ1) is 44.0. The van der Waals surface area contributed by atoms with Crippen LogP contribution in [0.1, 0.15) is 64.2 Å². The third-order valence-corrected chi connectivity index (χ3v) is 8.24. The molecule has 16 nitrogen and oxygen atoms in total. The fourth-order valence-corrected chi connectivity index (χ4v) is 5.69. The number of hydrogen-bond acceptors (Lipinski definition) is 10. The van der Waals surface area contributed by atoms with Gasteiger partial charge in [-0.2, -0.15) is 0 Å². The van der Waals surface area contributed by atoms with E-state index in [4.69, 9.17) is 0 Å². The number of carbonyl (C=O) groups is 5. The van der Waals surface area contributed by atoms with E-state index in [1.165, 1.54) is 12.1 Å². The minimum Gasteiger partial charge on any atom is -0.508 e. The van der Waals surface area contributed by atoms with E-state index >= 15 is 0 Å². The maximum absolute atomic E-state index is 13.5. The second kappa shape index (κ2) is 20.3. The first-order valence-electron chi connectivity index (χ1n) is 18.0. The number of nitrogens with zero attached hydrogens (tertiary/aromatic N) is 1. The molecule has 3 aromatic carbocycles. The minimum absolute atomic E-state index is 0.0335. The zero-order chi connectivity index (χ0) is 41.6. The molecule has 56 heavy (non-hydrogen) atoms. The molecular weight excluding hydrogens is 724 g/mol. The van der Waals surface area contributed by atoms with Crippen LogP contribution in [0.3, 0.4) is 0 Å². The number of benzene rings is 3. The zero-order valence-electron chi connectivity index (χ0n) is 32.0. The summed E-state index contributed by atoms with van der Waals surface area (Å²) in [5.74, 6) is -4.20. The van der Waals surface area contributed by atoms with Gasteiger partial charge in [0.15, 0.2) is 5.82 Å². The van der Waals surface area contributed by atoms with Gasteiger partial charge in [0, 0.05) is 30.6 Å². The van der Waals surface area contributed by atoms with E-state index in [2.05, 4.69) is 26.6 Å². The van der Waals surface area contributed by atoms with Crippen molar-refractivity contribution < 1.29 is 44.2 Å². The van der Waals surface area contributed by atoms with Gasteiger partial charge in [0.2, 0.25) is 17.7 Å². The largest absolute Gasteiger partial charge is 0.508 e. The highest BCUT2D eigenvalue weighted by Crippen LogP contribution is 2.20. The number of phenolic OH excluding ortho intramolecular Hbond substituents is 1. The molecule has 0 aliphatic carbocycles. The van der Waals surface area contributed by atoms with Crippen LogP contribution in [-0.4, -0.2) is 68.0 Å². The Morgan fingerprint density at radius 1 is 0.732 bits per heavy atom. The maximum Gasteiger partial charge on any atom is 0.326 e. The summed E-state index contributed by atoms with van der Waals surface area (Å²) in [6, 6.07) is 15.3. The lowest BCUT2D eigenvalue weighted by atomic mass is 9.91. The van der Waals surface area contributed by atoms with Crippen LogP contribution in [0.15, 0.2) is 84.8 Å². The molecule has 3 rings (SSSR count). The average Bonchev–Trinajstić information content (AvgIpc) is 3.08. The highest BCUT2D eigenvalue weighted by molar-refractivity contribution is 5.91. The summed E-state index contributed by atoms with van der Waals surface area (Å²) in [5, 5.41) is 54.2. The molecule has 0 bridgehead atoms. The summed E-state index contributed by atoms with van der Waals surface area (Å²) in [6.45, 7) is 9.26. The quantitative estimate of drug-likeness (QED) is 0.0451. The van der Waals surface area contributed by atoms with Crippen LogP contribution in [0.2, 0.25) is 0 Å². The Hall–Kier alpha value is -6.45. The molecule has 0 aliphatic rings. The van der Waals surface area contributed by atoms with Crippen LogP contribution < -0.4 is 26.6 Å². The number of hydrogen-bond donors (Lipinski definition) is 8. The van der Waals surface area contributed by atoms with Crippen molar-refractivity contribution in [1.29, 1.82) is 0 Å². The van der Waals surface area contributed by atoms with Crippen LogP contribution in [-0.2, 0) is 43.2 Å². The summed E-state index contributed by atoms with van der Waals surface area (Å²) >= 11 is 0. The lowest BCUT2D eigenvalue weighted by molar-refractivity contribution is -0.403. The van der Waals surface area contributed by atoms with Crippen LogP contribution in [0.25, 0.3) is 0 Å². The third-order valence-electron chi connectivity index (χ3n) is 8.24. The van der Waals surface area contributed by atoms with Crippen molar-refractivity contribution in [2.45, 2.75) is 84.8 Å². The number of phenols is 1. The number of aromatic hydroxyl groups is 1. The van der Waals surface area contributed by atoms with Gasteiger partial charge in [-0.3, -0.25) is 24.5 Å². The molecule has 8 N–H and O–H groups in total. The Labute approximate surface area is 324 Å². The highest BCUT2D eigenvalue weighted by Gasteiger charge is 2.29. The van der Waals surface area contributed by atoms with Gasteiger partial charge < -0.3 is 41.9 Å². The summed E-state index contributed by atoms with van der Waals surface area (Å²) in [7, 11) is 0. The summed E-state index contributed by atoms with van der Waals surface area (Å²) in [6.07, 6.45) is 0.629. The molecular formula is C40H50N6O10. The lowest BCUT2D eigenvalue weighted by Crippen LogP contribution is -2.53. The van der Waals surface area contributed by atoms with Crippen molar-refractivity contribution in [2.75, 3.05) is 10.6 Å². The number of anilines is 2. The monoisotopic (exact) mass is 774 g/mol. The second-order valence-electron chi connectivity index (χ2n) is 15.0. The Kier molecular flexibility index (Phi) is 15.9. The van der Waals surface area contributed by atoms with E-state index in [1.54, 1.807) is 60.7 Å². The zero-order valence-corrected chi connectivity index (χ0v) is 32.0. The smallest absolute Gasteiger partial charge is 0.326 e. The fraction of sp³-hybridized carbons (Fsp3) is 0.375. The number of carboxylic acid groups (broad SMARTS) is 2. The van der Waals surface area contributed by atoms with E-state index in [0.29, 0.717) is 28.1 Å². The van der Waals surface area contributed by atoms with Crippen molar-refractivity contribution in [2.24, 2.45) is 11.3 Å². The Bertz CT molecular complexity index is 1890. The van der Waals surface area contributed by atoms with Gasteiger partial charge in [-0.1, -0.05) is 71.0 Å². The Balaban J connectivity index is 1.68. The van der Waals surface area contributed by atoms with Crippen molar-refractivity contribution in [1.82, 2.24) is 16.0 Å². The molecule has 3 amide bonds. The molecule has 16 heteroatoms. The molecule has 0 radical (unpaired) electrons. The van der Waals surface area contributed by atoms with E-state index in [-0.39, 0.29) is 55.0 Å². The van der Waals surface area contributed by atoms with Crippen LogP contribution in [0.4, 0.5) is 11.4 Å². The molecule has 300 valence electrons. The lowest BCUT2D eigenvalue weighted by Gasteiger charge is -2.24. The van der Waals surface area contributed by atoms with E-state index in [1.807, 2.05) is 34.6 Å². The SMILES string of the molecule is CC(C)CC(NC(=O)Cc1ccc(N/C(=C\[N+](=O)[O-])Nc2ccc(O)cc2)cc1)C(=O)NC(Cc1ccccc1CC(NC(=O)CC(C)(C)C)C(=O)O)C(=O)O. The van der Waals surface area contributed by atoms with E-state index in [0.717, 1.165) is 6.20 Å². The molecule has 0 heterocycles. The van der Waals surface area contributed by atoms with Crippen molar-refractivity contribution in [3.8, 4) is 5.75 Å². The second-order valence-corrected chi connectivity index (χ2v) is 15.0. The van der Waals surface area contributed by atoms with Crippen molar-refractivity contribution >= 4 is 41.0 Å². The van der Waals surface area contributed by atoms with Gasteiger partial charge in [-0.05, 0) is 70.8 Å². The van der Waals surface area contributed by atoms with Gasteiger partial charge >= 0.3 is 11.9 Å². The molecule has 0 fully saturated rings. The molecule has 3 aromatic rings. The molecule has 0 saturated heterocycles. The fourth-order valence-electron chi connectivity index (χ4n) is 5.69. The highest BCUT2D eigenvalue weighted by atomic mass is 16.6. The van der Waals surface area contributed by atoms with Crippen LogP contribution >= 0.6 is 0 Å². The van der Waals surface area contributed by atoms with E-state index in [9.17, 15) is 49.4 Å². The van der Waals surface area contributed by atoms with Gasteiger partial charge in [-0.25, -0.2) is 9.59 Å². The predicted molar refractivity (Wildman–Crippen MR) is 209 cm³/mol. The number of aliphatic carboxylic acids is 2. The number of carboxylic acids is 2. The van der Waals surface area contributed by atoms with Crippen LogP contribution in [0, 0.1) is 21.4 Å². The van der Waals surface area contributed by atoms with Gasteiger partial charge in [0.1, 0.15) is 23.9 Å². The van der Waals surface area contributed by atoms with Crippen molar-refractivity contribution in [3.05, 3.63) is 112 Å². The predicted octanol–water partition coefficient (Wildman–Crippen LogP) is 4.43. The molecule has 3 unspecified atom stereocenters. The summed E-state index contributed by atoms with van der Waals surface area (Å²) in [5.41, 5.74) is 2.11. The summed E-state index contributed by atoms with van der Waals surface area (Å²) < 4.78 is 0. The van der Waals surface area contributed by atoms with Crippen LogP contribution in [0.5, 0.6) is 5.75 Å². The number of nitro groups is 1. The number of carbonyl (C=O) groups excluding carboxylic acids is 3. The first-order valence-corrected chi connectivity index (χ1v) is 18.0. The van der Waals surface area contributed by atoms with E-state index < -0.39 is 52.7 Å². The number of rotatable bonds is 20. The number of amides is 3. The average molecular weight is 775 g/mol. The standard InChI is InChI=1S/C40H50N6O10/c1-24(2)18-31(43-35(48)19-25-10-12-28(13-11-25)41-34(23-46(55)56)42-29-14-16-30(47)17-15-29)37(50)45-33(39(53)54)21-27-9-7-6-8-26(27)20-32(38(51)52)44-36(49)22-40(3,4)5/h6-17,23-24,31-33,41-42,47H,18-22H2,1-5H3,(H,43,48)(H,44,49)(H,45,50)(H,51,52)(H,53,54)/b34-23+. The maximum atomic E-state index is 13.5. The van der Waals surface area contributed by atoms with Crippen molar-refractivity contribution in [3.63, 3.8) is 0 Å². The normalized spacial score (nSPS) is 13.1. The topological polar surface area (TPSA) is 249 Å².